The molecule has 1 aromatic rings. The molecule has 0 bridgehead atoms. The molecule has 0 heterocycles. The van der Waals surface area contributed by atoms with Crippen LogP contribution in [0.15, 0.2) is 49.1 Å². The second kappa shape index (κ2) is 6.66. The van der Waals surface area contributed by atoms with Gasteiger partial charge in [0, 0.05) is 11.8 Å². The molecule has 0 aliphatic heterocycles. The zero-order chi connectivity index (χ0) is 15.4. The van der Waals surface area contributed by atoms with Crippen LogP contribution in [0.5, 0.6) is 0 Å². The first-order chi connectivity index (χ1) is 10.0. The van der Waals surface area contributed by atoms with Gasteiger partial charge in [-0.15, -0.1) is 6.58 Å². The third kappa shape index (κ3) is 3.38. The molecule has 1 aromatic carbocycles. The van der Waals surface area contributed by atoms with Crippen LogP contribution < -0.4 is 0 Å². The first-order valence-corrected chi connectivity index (χ1v) is 7.41. The molecule has 0 saturated heterocycles. The van der Waals surface area contributed by atoms with E-state index in [1.165, 1.54) is 0 Å². The molecule has 1 fully saturated rings. The summed E-state index contributed by atoms with van der Waals surface area (Å²) in [5, 5.41) is 0. The van der Waals surface area contributed by atoms with Crippen LogP contribution in [0, 0.1) is 23.7 Å². The van der Waals surface area contributed by atoms with E-state index >= 15 is 0 Å². The SMILES string of the molecule is C=C[C@@H]1C[C@H](/C=C/c2ccccc2)[C@H](C(C)=O)[C@@H]1C(C)=O. The first-order valence-electron chi connectivity index (χ1n) is 7.41. The highest BCUT2D eigenvalue weighted by Gasteiger charge is 2.45. The van der Waals surface area contributed by atoms with Gasteiger partial charge < -0.3 is 0 Å². The highest BCUT2D eigenvalue weighted by molar-refractivity contribution is 5.89. The van der Waals surface area contributed by atoms with Gasteiger partial charge in [-0.25, -0.2) is 0 Å². The van der Waals surface area contributed by atoms with Gasteiger partial charge in [0.05, 0.1) is 0 Å². The van der Waals surface area contributed by atoms with Crippen LogP contribution in [-0.4, -0.2) is 11.6 Å². The Labute approximate surface area is 126 Å². The van der Waals surface area contributed by atoms with Crippen LogP contribution in [0.2, 0.25) is 0 Å². The molecular weight excluding hydrogens is 260 g/mol. The molecule has 4 atom stereocenters. The summed E-state index contributed by atoms with van der Waals surface area (Å²) >= 11 is 0. The van der Waals surface area contributed by atoms with Gasteiger partial charge in [0.2, 0.25) is 0 Å². The summed E-state index contributed by atoms with van der Waals surface area (Å²) in [6.07, 6.45) is 6.78. The number of Topliss-reactive ketones (excluding diaryl/α,β-unsaturated/α-hetero) is 2. The second-order valence-electron chi connectivity index (χ2n) is 5.84. The van der Waals surface area contributed by atoms with E-state index in [-0.39, 0.29) is 35.2 Å². The summed E-state index contributed by atoms with van der Waals surface area (Å²) in [6, 6.07) is 10.0. The number of carbonyl (C=O) groups is 2. The van der Waals surface area contributed by atoms with Crippen molar-refractivity contribution < 1.29 is 9.59 Å². The Balaban J connectivity index is 2.26. The number of ketones is 2. The van der Waals surface area contributed by atoms with Crippen LogP contribution in [0.3, 0.4) is 0 Å². The lowest BCUT2D eigenvalue weighted by molar-refractivity contribution is -0.130. The average molecular weight is 282 g/mol. The normalized spacial score (nSPS) is 28.7. The fraction of sp³-hybridized carbons (Fsp3) is 0.368. The van der Waals surface area contributed by atoms with Gasteiger partial charge in [-0.1, -0.05) is 48.6 Å². The van der Waals surface area contributed by atoms with E-state index in [2.05, 4.69) is 12.7 Å². The molecule has 0 amide bonds. The quantitative estimate of drug-likeness (QED) is 0.767. The zero-order valence-electron chi connectivity index (χ0n) is 12.7. The Bertz CT molecular complexity index is 556. The molecule has 2 nitrogen and oxygen atoms in total. The van der Waals surface area contributed by atoms with Crippen molar-refractivity contribution in [3.05, 3.63) is 54.6 Å². The van der Waals surface area contributed by atoms with Crippen molar-refractivity contribution in [3.8, 4) is 0 Å². The standard InChI is InChI=1S/C19H22O2/c1-4-16-12-17(11-10-15-8-6-5-7-9-15)19(14(3)21)18(16)13(2)20/h4-11,16-19H,1,12H2,2-3H3/b11-10+/t16-,17+,18-,19+/m1/s1. The Kier molecular flexibility index (Phi) is 4.89. The minimum Gasteiger partial charge on any atom is -0.300 e. The second-order valence-corrected chi connectivity index (χ2v) is 5.84. The van der Waals surface area contributed by atoms with Gasteiger partial charge >= 0.3 is 0 Å². The van der Waals surface area contributed by atoms with Crippen molar-refractivity contribution in [2.45, 2.75) is 20.3 Å². The summed E-state index contributed by atoms with van der Waals surface area (Å²) in [5.74, 6) is -0.0321. The van der Waals surface area contributed by atoms with Gasteiger partial charge in [0.1, 0.15) is 11.6 Å². The van der Waals surface area contributed by atoms with Crippen molar-refractivity contribution in [3.63, 3.8) is 0 Å². The summed E-state index contributed by atoms with van der Waals surface area (Å²) in [7, 11) is 0. The molecule has 0 N–H and O–H groups in total. The summed E-state index contributed by atoms with van der Waals surface area (Å²) in [4.78, 5) is 23.9. The molecule has 21 heavy (non-hydrogen) atoms. The largest absolute Gasteiger partial charge is 0.300 e. The van der Waals surface area contributed by atoms with Crippen LogP contribution in [-0.2, 0) is 9.59 Å². The Morgan fingerprint density at radius 2 is 1.62 bits per heavy atom. The summed E-state index contributed by atoms with van der Waals surface area (Å²) in [5.41, 5.74) is 1.11. The number of hydrogen-bond donors (Lipinski definition) is 0. The molecule has 1 saturated carbocycles. The van der Waals surface area contributed by atoms with Crippen molar-refractivity contribution in [1.82, 2.24) is 0 Å². The fourth-order valence-electron chi connectivity index (χ4n) is 3.49. The number of rotatable bonds is 5. The van der Waals surface area contributed by atoms with Gasteiger partial charge in [-0.05, 0) is 37.7 Å². The maximum absolute atomic E-state index is 12.0. The Morgan fingerprint density at radius 3 is 2.14 bits per heavy atom. The van der Waals surface area contributed by atoms with E-state index in [4.69, 9.17) is 0 Å². The molecule has 0 unspecified atom stereocenters. The lowest BCUT2D eigenvalue weighted by atomic mass is 9.81. The van der Waals surface area contributed by atoms with E-state index < -0.39 is 0 Å². The lowest BCUT2D eigenvalue weighted by Crippen LogP contribution is -2.28. The molecule has 2 heteroatoms. The third-order valence-electron chi connectivity index (χ3n) is 4.43. The summed E-state index contributed by atoms with van der Waals surface area (Å²) < 4.78 is 0. The zero-order valence-corrected chi connectivity index (χ0v) is 12.7. The monoisotopic (exact) mass is 282 g/mol. The molecule has 0 aromatic heterocycles. The van der Waals surface area contributed by atoms with Crippen molar-refractivity contribution in [1.29, 1.82) is 0 Å². The Hall–Kier alpha value is -1.96. The molecule has 1 aliphatic rings. The topological polar surface area (TPSA) is 34.1 Å². The fourth-order valence-corrected chi connectivity index (χ4v) is 3.49. The van der Waals surface area contributed by atoms with Gasteiger partial charge in [0.15, 0.2) is 0 Å². The van der Waals surface area contributed by atoms with Crippen LogP contribution >= 0.6 is 0 Å². The van der Waals surface area contributed by atoms with Crippen molar-refractivity contribution in [2.24, 2.45) is 23.7 Å². The molecular formula is C19H22O2. The smallest absolute Gasteiger partial charge is 0.134 e. The number of hydrogen-bond acceptors (Lipinski definition) is 2. The van der Waals surface area contributed by atoms with E-state index in [1.54, 1.807) is 13.8 Å². The minimum absolute atomic E-state index is 0.0933. The van der Waals surface area contributed by atoms with Gasteiger partial charge in [0.25, 0.3) is 0 Å². The van der Waals surface area contributed by atoms with E-state index in [9.17, 15) is 9.59 Å². The average Bonchev–Trinajstić information content (AvgIpc) is 2.85. The predicted octanol–water partition coefficient (Wildman–Crippen LogP) is 3.93. The van der Waals surface area contributed by atoms with E-state index in [0.717, 1.165) is 12.0 Å². The number of allylic oxidation sites excluding steroid dienone is 2. The third-order valence-corrected chi connectivity index (χ3v) is 4.43. The maximum atomic E-state index is 12.0. The predicted molar refractivity (Wildman–Crippen MR) is 85.6 cm³/mol. The highest BCUT2D eigenvalue weighted by Crippen LogP contribution is 2.44. The maximum Gasteiger partial charge on any atom is 0.134 e. The van der Waals surface area contributed by atoms with Crippen molar-refractivity contribution in [2.75, 3.05) is 0 Å². The van der Waals surface area contributed by atoms with E-state index in [1.807, 2.05) is 42.5 Å². The van der Waals surface area contributed by atoms with Crippen molar-refractivity contribution >= 4 is 17.6 Å². The summed E-state index contributed by atoms with van der Waals surface area (Å²) in [6.45, 7) is 7.01. The molecule has 1 aliphatic carbocycles. The lowest BCUT2D eigenvalue weighted by Gasteiger charge is -2.20. The van der Waals surface area contributed by atoms with Gasteiger partial charge in [-0.3, -0.25) is 9.59 Å². The van der Waals surface area contributed by atoms with Crippen LogP contribution in [0.25, 0.3) is 6.08 Å². The highest BCUT2D eigenvalue weighted by atomic mass is 16.1. The molecule has 0 radical (unpaired) electrons. The molecule has 0 spiro atoms. The Morgan fingerprint density at radius 1 is 1.05 bits per heavy atom. The van der Waals surface area contributed by atoms with Gasteiger partial charge in [-0.2, -0.15) is 0 Å². The molecule has 2 rings (SSSR count). The minimum atomic E-state index is -0.217. The van der Waals surface area contributed by atoms with E-state index in [0.29, 0.717) is 0 Å². The molecule has 110 valence electrons. The number of benzene rings is 1. The van der Waals surface area contributed by atoms with Crippen LogP contribution in [0.1, 0.15) is 25.8 Å². The first kappa shape index (κ1) is 15.4. The van der Waals surface area contributed by atoms with Crippen LogP contribution in [0.4, 0.5) is 0 Å². The number of carbonyl (C=O) groups excluding carboxylic acids is 2.